The Hall–Kier alpha value is -1.93. The molecule has 0 spiro atoms. The van der Waals surface area contributed by atoms with Gasteiger partial charge in [0.25, 0.3) is 0 Å². The van der Waals surface area contributed by atoms with Crippen LogP contribution in [-0.2, 0) is 6.54 Å². The molecule has 92 valence electrons. The molecule has 0 radical (unpaired) electrons. The van der Waals surface area contributed by atoms with E-state index in [2.05, 4.69) is 10.3 Å². The van der Waals surface area contributed by atoms with Crippen molar-refractivity contribution in [3.8, 4) is 6.07 Å². The van der Waals surface area contributed by atoms with E-state index in [1.165, 1.54) is 10.9 Å². The van der Waals surface area contributed by atoms with Gasteiger partial charge in [0, 0.05) is 4.88 Å². The Morgan fingerprint density at radius 3 is 2.83 bits per heavy atom. The topological polar surface area (TPSA) is 48.7 Å². The maximum Gasteiger partial charge on any atom is 0.143 e. The number of aryl methyl sites for hydroxylation is 2. The van der Waals surface area contributed by atoms with Crippen molar-refractivity contribution in [2.24, 2.45) is 0 Å². The number of hydrogen-bond donors (Lipinski definition) is 1. The predicted octanol–water partition coefficient (Wildman–Crippen LogP) is 3.38. The average molecular weight is 261 g/mol. The van der Waals surface area contributed by atoms with Crippen molar-refractivity contribution < 1.29 is 4.39 Å². The van der Waals surface area contributed by atoms with Crippen LogP contribution in [0.3, 0.4) is 0 Å². The molecule has 0 saturated carbocycles. The molecule has 0 bridgehead atoms. The van der Waals surface area contributed by atoms with Crippen LogP contribution in [0.2, 0.25) is 0 Å². The largest absolute Gasteiger partial charge is 0.377 e. The van der Waals surface area contributed by atoms with Crippen LogP contribution < -0.4 is 5.32 Å². The highest BCUT2D eigenvalue weighted by Gasteiger charge is 2.08. The van der Waals surface area contributed by atoms with Gasteiger partial charge in [0.1, 0.15) is 22.5 Å². The first kappa shape index (κ1) is 12.5. The number of thiazole rings is 1. The summed E-state index contributed by atoms with van der Waals surface area (Å²) >= 11 is 1.60. The fourth-order valence-electron chi connectivity index (χ4n) is 1.57. The predicted molar refractivity (Wildman–Crippen MR) is 70.0 cm³/mol. The van der Waals surface area contributed by atoms with Crippen LogP contribution in [0.5, 0.6) is 0 Å². The summed E-state index contributed by atoms with van der Waals surface area (Å²) in [4.78, 5) is 5.56. The molecule has 5 heteroatoms. The molecule has 0 aliphatic heterocycles. The first-order valence-corrected chi connectivity index (χ1v) is 6.29. The van der Waals surface area contributed by atoms with Gasteiger partial charge in [-0.05, 0) is 26.0 Å². The zero-order valence-corrected chi connectivity index (χ0v) is 10.9. The van der Waals surface area contributed by atoms with Gasteiger partial charge < -0.3 is 5.32 Å². The van der Waals surface area contributed by atoms with Crippen LogP contribution in [0, 0.1) is 31.0 Å². The molecule has 1 heterocycles. The maximum atomic E-state index is 13.4. The summed E-state index contributed by atoms with van der Waals surface area (Å²) in [6.07, 6.45) is 0. The molecule has 1 aromatic heterocycles. The van der Waals surface area contributed by atoms with Crippen LogP contribution in [0.1, 0.15) is 21.1 Å². The molecule has 0 unspecified atom stereocenters. The Morgan fingerprint density at radius 1 is 1.44 bits per heavy atom. The fourth-order valence-corrected chi connectivity index (χ4v) is 2.44. The van der Waals surface area contributed by atoms with Gasteiger partial charge >= 0.3 is 0 Å². The zero-order valence-electron chi connectivity index (χ0n) is 10.1. The molecule has 1 N–H and O–H groups in total. The second-order valence-electron chi connectivity index (χ2n) is 3.88. The number of halogens is 1. The summed E-state index contributed by atoms with van der Waals surface area (Å²) < 4.78 is 13.4. The number of benzene rings is 1. The summed E-state index contributed by atoms with van der Waals surface area (Å²) in [5.41, 5.74) is 1.56. The van der Waals surface area contributed by atoms with Gasteiger partial charge in [-0.2, -0.15) is 5.26 Å². The molecule has 0 aliphatic carbocycles. The molecule has 18 heavy (non-hydrogen) atoms. The summed E-state index contributed by atoms with van der Waals surface area (Å²) in [6.45, 7) is 4.47. The van der Waals surface area contributed by atoms with Crippen LogP contribution in [0.4, 0.5) is 10.1 Å². The molecule has 0 fully saturated rings. The third-order valence-electron chi connectivity index (χ3n) is 2.63. The second kappa shape index (κ2) is 5.15. The normalized spacial score (nSPS) is 10.1. The highest BCUT2D eigenvalue weighted by molar-refractivity contribution is 7.11. The first-order valence-electron chi connectivity index (χ1n) is 5.47. The summed E-state index contributed by atoms with van der Waals surface area (Å²) in [6, 6.07) is 6.41. The number of anilines is 1. The SMILES string of the molecule is Cc1nc(CNc2cccc(F)c2C#N)sc1C. The molecule has 0 atom stereocenters. The number of rotatable bonds is 3. The molecule has 0 amide bonds. The van der Waals surface area contributed by atoms with E-state index in [1.54, 1.807) is 23.5 Å². The van der Waals surface area contributed by atoms with Crippen LogP contribution in [0.15, 0.2) is 18.2 Å². The van der Waals surface area contributed by atoms with E-state index in [9.17, 15) is 4.39 Å². The lowest BCUT2D eigenvalue weighted by Gasteiger charge is -2.06. The van der Waals surface area contributed by atoms with Crippen molar-refractivity contribution in [1.82, 2.24) is 4.98 Å². The van der Waals surface area contributed by atoms with Gasteiger partial charge in [0.2, 0.25) is 0 Å². The number of nitrogens with zero attached hydrogens (tertiary/aromatic N) is 2. The number of nitrogens with one attached hydrogen (secondary N) is 1. The van der Waals surface area contributed by atoms with Gasteiger partial charge in [-0.25, -0.2) is 9.37 Å². The Kier molecular flexibility index (Phi) is 3.58. The quantitative estimate of drug-likeness (QED) is 0.921. The molecule has 3 nitrogen and oxygen atoms in total. The number of aromatic nitrogens is 1. The van der Waals surface area contributed by atoms with Crippen LogP contribution >= 0.6 is 11.3 Å². The van der Waals surface area contributed by atoms with E-state index >= 15 is 0 Å². The zero-order chi connectivity index (χ0) is 13.1. The molecular formula is C13H12FN3S. The number of hydrogen-bond acceptors (Lipinski definition) is 4. The van der Waals surface area contributed by atoms with E-state index in [0.29, 0.717) is 12.2 Å². The van der Waals surface area contributed by atoms with Crippen molar-refractivity contribution in [2.75, 3.05) is 5.32 Å². The van der Waals surface area contributed by atoms with E-state index in [0.717, 1.165) is 10.7 Å². The van der Waals surface area contributed by atoms with Gasteiger partial charge in [-0.15, -0.1) is 11.3 Å². The van der Waals surface area contributed by atoms with Gasteiger partial charge in [-0.1, -0.05) is 6.07 Å². The fraction of sp³-hybridized carbons (Fsp3) is 0.231. The minimum atomic E-state index is -0.506. The standard InChI is InChI=1S/C13H12FN3S/c1-8-9(2)18-13(17-8)7-16-12-5-3-4-11(14)10(12)6-15/h3-5,16H,7H2,1-2H3. The van der Waals surface area contributed by atoms with Gasteiger partial charge in [-0.3, -0.25) is 0 Å². The van der Waals surface area contributed by atoms with Crippen LogP contribution in [-0.4, -0.2) is 4.98 Å². The van der Waals surface area contributed by atoms with Crippen molar-refractivity contribution in [1.29, 1.82) is 5.26 Å². The van der Waals surface area contributed by atoms with E-state index in [4.69, 9.17) is 5.26 Å². The lowest BCUT2D eigenvalue weighted by Crippen LogP contribution is -2.02. The minimum Gasteiger partial charge on any atom is -0.377 e. The number of nitriles is 1. The van der Waals surface area contributed by atoms with Gasteiger partial charge in [0.15, 0.2) is 0 Å². The summed E-state index contributed by atoms with van der Waals surface area (Å²) in [5, 5.41) is 12.9. The Bertz CT molecular complexity index is 594. The molecule has 2 aromatic rings. The van der Waals surface area contributed by atoms with Gasteiger partial charge in [0.05, 0.1) is 17.9 Å². The maximum absolute atomic E-state index is 13.4. The molecule has 2 rings (SSSR count). The highest BCUT2D eigenvalue weighted by atomic mass is 32.1. The first-order chi connectivity index (χ1) is 8.61. The van der Waals surface area contributed by atoms with Crippen molar-refractivity contribution in [3.63, 3.8) is 0 Å². The van der Waals surface area contributed by atoms with Crippen molar-refractivity contribution in [3.05, 3.63) is 45.2 Å². The third-order valence-corrected chi connectivity index (χ3v) is 3.70. The molecule has 0 aliphatic rings. The lowest BCUT2D eigenvalue weighted by atomic mass is 10.2. The minimum absolute atomic E-state index is 0.0440. The Labute approximate surface area is 109 Å². The van der Waals surface area contributed by atoms with Crippen LogP contribution in [0.25, 0.3) is 0 Å². The van der Waals surface area contributed by atoms with E-state index in [-0.39, 0.29) is 5.56 Å². The van der Waals surface area contributed by atoms with E-state index in [1.807, 2.05) is 19.9 Å². The van der Waals surface area contributed by atoms with Crippen molar-refractivity contribution in [2.45, 2.75) is 20.4 Å². The monoisotopic (exact) mass is 261 g/mol. The average Bonchev–Trinajstić information content (AvgIpc) is 2.66. The smallest absolute Gasteiger partial charge is 0.143 e. The second-order valence-corrected chi connectivity index (χ2v) is 5.16. The molecular weight excluding hydrogens is 249 g/mol. The third kappa shape index (κ3) is 2.49. The van der Waals surface area contributed by atoms with Crippen molar-refractivity contribution >= 4 is 17.0 Å². The molecule has 1 aromatic carbocycles. The highest BCUT2D eigenvalue weighted by Crippen LogP contribution is 2.21. The Balaban J connectivity index is 2.16. The summed E-state index contributed by atoms with van der Waals surface area (Å²) in [5.74, 6) is -0.506. The Morgan fingerprint density at radius 2 is 2.22 bits per heavy atom. The lowest BCUT2D eigenvalue weighted by molar-refractivity contribution is 0.624. The molecule has 0 saturated heterocycles. The summed E-state index contributed by atoms with van der Waals surface area (Å²) in [7, 11) is 0. The van der Waals surface area contributed by atoms with E-state index < -0.39 is 5.82 Å².